The predicted octanol–water partition coefficient (Wildman–Crippen LogP) is 1.32. The maximum absolute atomic E-state index is 9.92. The molecular formula is C9H22ClNO2. The summed E-state index contributed by atoms with van der Waals surface area (Å²) in [7, 11) is 0. The molecule has 1 atom stereocenters. The van der Waals surface area contributed by atoms with Crippen molar-refractivity contribution in [1.82, 2.24) is 0 Å². The molecule has 0 aliphatic carbocycles. The first-order chi connectivity index (χ1) is 5.60. The molecule has 0 aromatic carbocycles. The summed E-state index contributed by atoms with van der Waals surface area (Å²) in [6, 6.07) is -0.271. The zero-order chi connectivity index (χ0) is 9.61. The molecule has 0 aromatic heterocycles. The molecule has 0 aliphatic heterocycles. The van der Waals surface area contributed by atoms with Crippen LogP contribution in [0.2, 0.25) is 0 Å². The summed E-state index contributed by atoms with van der Waals surface area (Å²) in [5, 5.41) is 9.92. The summed E-state index contributed by atoms with van der Waals surface area (Å²) in [5.41, 5.74) is 5.03. The highest BCUT2D eigenvalue weighted by Gasteiger charge is 2.30. The van der Waals surface area contributed by atoms with Crippen molar-refractivity contribution in [3.8, 4) is 0 Å². The number of aliphatic hydroxyl groups is 1. The molecule has 0 saturated carbocycles. The Hall–Kier alpha value is 0.170. The van der Waals surface area contributed by atoms with E-state index in [4.69, 9.17) is 10.5 Å². The standard InChI is InChI=1S/C9H21NO2.ClH/c1-4-9(11,5-2)8(10)7-12-6-3;/h8,11H,4-7,10H2,1-3H3;1H. The molecule has 82 valence electrons. The van der Waals surface area contributed by atoms with E-state index in [1.165, 1.54) is 0 Å². The van der Waals surface area contributed by atoms with Gasteiger partial charge in [0.1, 0.15) is 0 Å². The van der Waals surface area contributed by atoms with Crippen molar-refractivity contribution >= 4 is 12.4 Å². The third kappa shape index (κ3) is 4.81. The van der Waals surface area contributed by atoms with Crippen molar-refractivity contribution in [1.29, 1.82) is 0 Å². The Balaban J connectivity index is 0. The van der Waals surface area contributed by atoms with Crippen molar-refractivity contribution in [2.75, 3.05) is 13.2 Å². The van der Waals surface area contributed by atoms with Gasteiger partial charge >= 0.3 is 0 Å². The number of ether oxygens (including phenoxy) is 1. The Morgan fingerprint density at radius 3 is 2.08 bits per heavy atom. The highest BCUT2D eigenvalue weighted by Crippen LogP contribution is 2.18. The average molecular weight is 212 g/mol. The lowest BCUT2D eigenvalue weighted by Gasteiger charge is -2.31. The second-order valence-corrected chi connectivity index (χ2v) is 3.08. The van der Waals surface area contributed by atoms with Gasteiger partial charge in [0.25, 0.3) is 0 Å². The molecule has 0 fully saturated rings. The SMILES string of the molecule is CCOCC(N)C(O)(CC)CC.Cl. The van der Waals surface area contributed by atoms with E-state index in [-0.39, 0.29) is 18.4 Å². The zero-order valence-electron chi connectivity index (χ0n) is 8.75. The van der Waals surface area contributed by atoms with Crippen molar-refractivity contribution in [2.45, 2.75) is 45.3 Å². The zero-order valence-corrected chi connectivity index (χ0v) is 9.56. The molecule has 0 heterocycles. The van der Waals surface area contributed by atoms with Crippen LogP contribution in [0.4, 0.5) is 0 Å². The Kier molecular flexibility index (Phi) is 9.09. The smallest absolute Gasteiger partial charge is 0.0815 e. The first-order valence-electron chi connectivity index (χ1n) is 4.66. The minimum absolute atomic E-state index is 0. The molecular weight excluding hydrogens is 190 g/mol. The fourth-order valence-corrected chi connectivity index (χ4v) is 1.17. The second-order valence-electron chi connectivity index (χ2n) is 3.08. The first-order valence-corrected chi connectivity index (χ1v) is 4.66. The Labute approximate surface area is 87.1 Å². The van der Waals surface area contributed by atoms with Crippen LogP contribution in [0.25, 0.3) is 0 Å². The maximum Gasteiger partial charge on any atom is 0.0815 e. The fourth-order valence-electron chi connectivity index (χ4n) is 1.17. The lowest BCUT2D eigenvalue weighted by molar-refractivity contribution is -0.0234. The summed E-state index contributed by atoms with van der Waals surface area (Å²) in [4.78, 5) is 0. The van der Waals surface area contributed by atoms with E-state index in [0.717, 1.165) is 0 Å². The van der Waals surface area contributed by atoms with E-state index in [1.54, 1.807) is 0 Å². The van der Waals surface area contributed by atoms with E-state index in [0.29, 0.717) is 26.1 Å². The maximum atomic E-state index is 9.92. The summed E-state index contributed by atoms with van der Waals surface area (Å²) >= 11 is 0. The number of hydrogen-bond donors (Lipinski definition) is 2. The molecule has 0 bridgehead atoms. The Morgan fingerprint density at radius 2 is 1.77 bits per heavy atom. The van der Waals surface area contributed by atoms with Crippen LogP contribution in [0.3, 0.4) is 0 Å². The molecule has 0 saturated heterocycles. The molecule has 1 unspecified atom stereocenters. The summed E-state index contributed by atoms with van der Waals surface area (Å²) in [5.74, 6) is 0. The molecule has 0 aliphatic rings. The van der Waals surface area contributed by atoms with Crippen molar-refractivity contribution in [3.63, 3.8) is 0 Å². The third-order valence-electron chi connectivity index (χ3n) is 2.42. The van der Waals surface area contributed by atoms with Gasteiger partial charge in [-0.25, -0.2) is 0 Å². The predicted molar refractivity (Wildman–Crippen MR) is 57.2 cm³/mol. The molecule has 0 radical (unpaired) electrons. The van der Waals surface area contributed by atoms with Gasteiger partial charge in [-0.3, -0.25) is 0 Å². The highest BCUT2D eigenvalue weighted by molar-refractivity contribution is 5.85. The van der Waals surface area contributed by atoms with E-state index >= 15 is 0 Å². The Bertz CT molecular complexity index is 118. The van der Waals surface area contributed by atoms with Gasteiger partial charge in [-0.05, 0) is 19.8 Å². The monoisotopic (exact) mass is 211 g/mol. The van der Waals surface area contributed by atoms with Crippen LogP contribution >= 0.6 is 12.4 Å². The molecule has 13 heavy (non-hydrogen) atoms. The van der Waals surface area contributed by atoms with Gasteiger partial charge in [-0.1, -0.05) is 13.8 Å². The quantitative estimate of drug-likeness (QED) is 0.697. The van der Waals surface area contributed by atoms with Crippen LogP contribution in [0.5, 0.6) is 0 Å². The van der Waals surface area contributed by atoms with Crippen LogP contribution in [-0.4, -0.2) is 30.0 Å². The number of hydrogen-bond acceptors (Lipinski definition) is 3. The highest BCUT2D eigenvalue weighted by atomic mass is 35.5. The first kappa shape index (κ1) is 15.6. The van der Waals surface area contributed by atoms with Crippen molar-refractivity contribution < 1.29 is 9.84 Å². The van der Waals surface area contributed by atoms with Gasteiger partial charge in [-0.2, -0.15) is 0 Å². The average Bonchev–Trinajstić information content (AvgIpc) is 2.12. The topological polar surface area (TPSA) is 55.5 Å². The van der Waals surface area contributed by atoms with Crippen LogP contribution in [-0.2, 0) is 4.74 Å². The molecule has 0 aromatic rings. The lowest BCUT2D eigenvalue weighted by Crippen LogP contribution is -2.50. The molecule has 0 spiro atoms. The van der Waals surface area contributed by atoms with E-state index < -0.39 is 5.60 Å². The molecule has 4 heteroatoms. The lowest BCUT2D eigenvalue weighted by atomic mass is 9.90. The van der Waals surface area contributed by atoms with Crippen molar-refractivity contribution in [2.24, 2.45) is 5.73 Å². The second kappa shape index (κ2) is 7.56. The minimum Gasteiger partial charge on any atom is -0.388 e. The summed E-state index contributed by atoms with van der Waals surface area (Å²) in [6.07, 6.45) is 1.36. The van der Waals surface area contributed by atoms with E-state index in [9.17, 15) is 5.11 Å². The molecule has 3 N–H and O–H groups in total. The van der Waals surface area contributed by atoms with Crippen LogP contribution in [0.1, 0.15) is 33.6 Å². The Morgan fingerprint density at radius 1 is 1.31 bits per heavy atom. The van der Waals surface area contributed by atoms with Gasteiger partial charge < -0.3 is 15.6 Å². The van der Waals surface area contributed by atoms with E-state index in [1.807, 2.05) is 20.8 Å². The van der Waals surface area contributed by atoms with Crippen LogP contribution in [0.15, 0.2) is 0 Å². The molecule has 0 amide bonds. The van der Waals surface area contributed by atoms with Crippen LogP contribution in [0, 0.1) is 0 Å². The molecule has 3 nitrogen and oxygen atoms in total. The minimum atomic E-state index is -0.755. The normalized spacial score (nSPS) is 13.6. The fraction of sp³-hybridized carbons (Fsp3) is 1.00. The molecule has 0 rings (SSSR count). The van der Waals surface area contributed by atoms with Gasteiger partial charge in [0.15, 0.2) is 0 Å². The summed E-state index contributed by atoms with van der Waals surface area (Å²) in [6.45, 7) is 6.89. The van der Waals surface area contributed by atoms with Gasteiger partial charge in [-0.15, -0.1) is 12.4 Å². The largest absolute Gasteiger partial charge is 0.388 e. The van der Waals surface area contributed by atoms with Gasteiger partial charge in [0, 0.05) is 6.61 Å². The summed E-state index contributed by atoms with van der Waals surface area (Å²) < 4.78 is 5.16. The third-order valence-corrected chi connectivity index (χ3v) is 2.42. The number of nitrogens with two attached hydrogens (primary N) is 1. The number of rotatable bonds is 6. The van der Waals surface area contributed by atoms with Crippen LogP contribution < -0.4 is 5.73 Å². The van der Waals surface area contributed by atoms with Crippen molar-refractivity contribution in [3.05, 3.63) is 0 Å². The van der Waals surface area contributed by atoms with Gasteiger partial charge in [0.05, 0.1) is 18.2 Å². The number of halogens is 1. The van der Waals surface area contributed by atoms with E-state index in [2.05, 4.69) is 0 Å². The van der Waals surface area contributed by atoms with Gasteiger partial charge in [0.2, 0.25) is 0 Å².